The van der Waals surface area contributed by atoms with E-state index in [1.807, 2.05) is 0 Å². The lowest BCUT2D eigenvalue weighted by Crippen LogP contribution is -1.78. The van der Waals surface area contributed by atoms with Gasteiger partial charge in [-0.15, -0.1) is 0 Å². The largest absolute Gasteiger partial charge is 0.396 e. The number of hydrogen-bond acceptors (Lipinski definition) is 1. The Kier molecular flexibility index (Phi) is 0.622. The maximum Gasteiger partial charge on any atom is 0.0564 e. The minimum Gasteiger partial charge on any atom is -0.396 e. The van der Waals surface area contributed by atoms with Crippen molar-refractivity contribution in [3.05, 3.63) is 0 Å². The molecule has 6 heavy (non-hydrogen) atoms. The van der Waals surface area contributed by atoms with Crippen molar-refractivity contribution in [3.8, 4) is 0 Å². The molecule has 0 radical (unpaired) electrons. The summed E-state index contributed by atoms with van der Waals surface area (Å²) in [5.41, 5.74) is 0. The van der Waals surface area contributed by atoms with Crippen molar-refractivity contribution in [2.24, 2.45) is 0 Å². The average Bonchev–Trinajstić information content (AvgIpc) is 2.01. The second-order valence-corrected chi connectivity index (χ2v) is 0.539. The van der Waals surface area contributed by atoms with E-state index in [0.717, 1.165) is 0 Å². The van der Waals surface area contributed by atoms with Crippen LogP contribution in [0.15, 0.2) is 0 Å². The molecule has 0 aliphatic rings. The van der Waals surface area contributed by atoms with Gasteiger partial charge in [-0.1, -0.05) is 19.6 Å². The normalized spacial score (nSPS) is 40.5. The van der Waals surface area contributed by atoms with Crippen LogP contribution in [-0.4, -0.2) is 11.7 Å². The molecule has 1 heteroatoms. The van der Waals surface area contributed by atoms with Gasteiger partial charge in [0.25, 0.3) is 0 Å². The molecular weight excluding hydrogens is 76.1 g/mol. The highest BCUT2D eigenvalue weighted by molar-refractivity contribution is 4.30. The van der Waals surface area contributed by atoms with Gasteiger partial charge in [-0.3, -0.25) is 0 Å². The molecule has 0 unspecified atom stereocenters. The molecule has 0 aliphatic heterocycles. The first-order valence-corrected chi connectivity index (χ1v) is 1.33. The molecule has 0 amide bonds. The van der Waals surface area contributed by atoms with Gasteiger partial charge >= 0.3 is 0 Å². The standard InChI is InChI=1S/C5H12O/c1-2-3-4-5-6/h6H,2-5H2,1H3/i1D,2D2,3D2,4D2,5D2. The zero-order valence-electron chi connectivity index (χ0n) is 12.2. The minimum absolute atomic E-state index is 1.07. The monoisotopic (exact) mass is 97.1 g/mol. The predicted octanol–water partition coefficient (Wildman–Crippen LogP) is 1.17. The fourth-order valence-corrected chi connectivity index (χ4v) is 0.0721. The maximum atomic E-state index is 8.83. The van der Waals surface area contributed by atoms with Crippen LogP contribution < -0.4 is 0 Å². The molecule has 0 aromatic heterocycles. The van der Waals surface area contributed by atoms with Gasteiger partial charge in [0.05, 0.1) is 2.74 Å². The summed E-state index contributed by atoms with van der Waals surface area (Å²) < 4.78 is 62.9. The third-order valence-electron chi connectivity index (χ3n) is 0.207. The van der Waals surface area contributed by atoms with Crippen LogP contribution in [0.25, 0.3) is 0 Å². The molecule has 0 saturated heterocycles. The van der Waals surface area contributed by atoms with Gasteiger partial charge in [0.2, 0.25) is 0 Å². The molecule has 0 fully saturated rings. The van der Waals surface area contributed by atoms with Crippen LogP contribution in [0.2, 0.25) is 0 Å². The average molecular weight is 97.2 g/mol. The van der Waals surface area contributed by atoms with Gasteiger partial charge in [0.1, 0.15) is 0 Å². The number of hydrogen-bond donors (Lipinski definition) is 1. The summed E-state index contributed by atoms with van der Waals surface area (Å²) in [5.74, 6) is 0. The van der Waals surface area contributed by atoms with E-state index in [1.165, 1.54) is 0 Å². The van der Waals surface area contributed by atoms with E-state index >= 15 is 0 Å². The highest BCUT2D eigenvalue weighted by Gasteiger charge is 1.76. The van der Waals surface area contributed by atoms with Gasteiger partial charge in [-0.05, 0) is 6.37 Å². The van der Waals surface area contributed by atoms with Gasteiger partial charge in [0, 0.05) is 16.2 Å². The fraction of sp³-hybridized carbons (Fsp3) is 1.00. The van der Waals surface area contributed by atoms with Gasteiger partial charge in [-0.2, -0.15) is 0 Å². The Labute approximate surface area is 51.6 Å². The molecule has 38 valence electrons. The Morgan fingerprint density at radius 3 is 3.17 bits per heavy atom. The van der Waals surface area contributed by atoms with Crippen LogP contribution in [-0.2, 0) is 0 Å². The Morgan fingerprint density at radius 2 is 2.67 bits per heavy atom. The molecule has 0 bridgehead atoms. The Morgan fingerprint density at radius 1 is 1.83 bits per heavy atom. The van der Waals surface area contributed by atoms with Crippen molar-refractivity contribution >= 4 is 0 Å². The third kappa shape index (κ3) is 3.96. The summed E-state index contributed by atoms with van der Waals surface area (Å²) in [6.45, 7) is -4.60. The summed E-state index contributed by atoms with van der Waals surface area (Å²) in [6, 6.07) is 0. The van der Waals surface area contributed by atoms with Gasteiger partial charge < -0.3 is 5.11 Å². The lowest BCUT2D eigenvalue weighted by atomic mass is 10.3. The highest BCUT2D eigenvalue weighted by atomic mass is 16.2. The van der Waals surface area contributed by atoms with Crippen LogP contribution in [0.5, 0.6) is 0 Å². The Hall–Kier alpha value is -0.0400. The van der Waals surface area contributed by atoms with Crippen molar-refractivity contribution in [3.63, 3.8) is 0 Å². The summed E-state index contributed by atoms with van der Waals surface area (Å²) in [4.78, 5) is 0. The second kappa shape index (κ2) is 4.96. The van der Waals surface area contributed by atoms with Crippen LogP contribution in [0.1, 0.15) is 38.4 Å². The van der Waals surface area contributed by atoms with Crippen LogP contribution in [0.4, 0.5) is 0 Å². The molecular formula is C5H12O. The first-order valence-electron chi connectivity index (χ1n) is 6.03. The molecule has 0 spiro atoms. The van der Waals surface area contributed by atoms with Crippen LogP contribution in [0.3, 0.4) is 0 Å². The van der Waals surface area contributed by atoms with E-state index in [-0.39, 0.29) is 0 Å². The van der Waals surface area contributed by atoms with Crippen molar-refractivity contribution in [1.82, 2.24) is 0 Å². The Balaban J connectivity index is 5.38. The van der Waals surface area contributed by atoms with Crippen molar-refractivity contribution in [1.29, 1.82) is 0 Å². The summed E-state index contributed by atoms with van der Waals surface area (Å²) in [7, 11) is 0. The van der Waals surface area contributed by atoms with E-state index in [0.29, 0.717) is 0 Å². The van der Waals surface area contributed by atoms with Crippen molar-refractivity contribution < 1.29 is 17.4 Å². The molecule has 0 atom stereocenters. The molecule has 0 aromatic carbocycles. The molecule has 0 aliphatic carbocycles. The smallest absolute Gasteiger partial charge is 0.0564 e. The van der Waals surface area contributed by atoms with Gasteiger partial charge in [-0.25, -0.2) is 0 Å². The zero-order chi connectivity index (χ0) is 12.7. The topological polar surface area (TPSA) is 20.2 Å². The number of aliphatic hydroxyl groups is 1. The third-order valence-corrected chi connectivity index (χ3v) is 0.207. The lowest BCUT2D eigenvalue weighted by Gasteiger charge is -1.85. The summed E-state index contributed by atoms with van der Waals surface area (Å²) in [6.07, 6.45) is -9.67. The second-order valence-electron chi connectivity index (χ2n) is 0.539. The van der Waals surface area contributed by atoms with Gasteiger partial charge in [0.15, 0.2) is 0 Å². The quantitative estimate of drug-likeness (QED) is 0.560. The SMILES string of the molecule is [2H]CC([2H])([2H])C([2H])([2H])C([2H])([2H])C([2H])([2H])O. The van der Waals surface area contributed by atoms with Crippen LogP contribution in [0, 0.1) is 0 Å². The van der Waals surface area contributed by atoms with E-state index in [2.05, 4.69) is 0 Å². The first kappa shape index (κ1) is 0.752. The van der Waals surface area contributed by atoms with E-state index < -0.39 is 32.6 Å². The van der Waals surface area contributed by atoms with Crippen molar-refractivity contribution in [2.75, 3.05) is 6.56 Å². The zero-order valence-corrected chi connectivity index (χ0v) is 3.15. The van der Waals surface area contributed by atoms with E-state index in [9.17, 15) is 0 Å². The molecule has 1 nitrogen and oxygen atoms in total. The molecule has 0 saturated carbocycles. The highest BCUT2D eigenvalue weighted by Crippen LogP contribution is 1.89. The molecule has 0 heterocycles. The first-order chi connectivity index (χ1) is 6.31. The molecule has 0 aromatic rings. The molecule has 1 N–H and O–H groups in total. The molecule has 0 rings (SSSR count). The summed E-state index contributed by atoms with van der Waals surface area (Å²) in [5, 5.41) is 8.83. The van der Waals surface area contributed by atoms with Crippen LogP contribution >= 0.6 is 0 Å². The van der Waals surface area contributed by atoms with E-state index in [1.54, 1.807) is 0 Å². The fourth-order valence-electron chi connectivity index (χ4n) is 0.0721. The van der Waals surface area contributed by atoms with Crippen molar-refractivity contribution in [2.45, 2.75) is 26.0 Å². The Bertz CT molecular complexity index is 229. The predicted molar refractivity (Wildman–Crippen MR) is 26.6 cm³/mol. The van der Waals surface area contributed by atoms with E-state index in [4.69, 9.17) is 17.4 Å². The lowest BCUT2D eigenvalue weighted by molar-refractivity contribution is 0.284. The summed E-state index contributed by atoms with van der Waals surface area (Å²) >= 11 is 0. The minimum atomic E-state index is -3.53. The maximum absolute atomic E-state index is 8.83. The number of rotatable bonds is 3.